The topological polar surface area (TPSA) is 18.5 Å². The van der Waals surface area contributed by atoms with Gasteiger partial charge in [-0.05, 0) is 38.8 Å². The molecule has 0 aromatic carbocycles. The molecule has 2 fully saturated rings. The molecule has 2 rings (SSSR count). The van der Waals surface area contributed by atoms with E-state index < -0.39 is 0 Å². The summed E-state index contributed by atoms with van der Waals surface area (Å²) in [5, 5.41) is 3.79. The Labute approximate surface area is 126 Å². The van der Waals surface area contributed by atoms with Crippen molar-refractivity contribution in [2.24, 2.45) is 5.92 Å². The summed E-state index contributed by atoms with van der Waals surface area (Å²) in [5.41, 5.74) is 0. The Hall–Kier alpha value is -0.120. The van der Waals surface area contributed by atoms with Gasteiger partial charge in [0.15, 0.2) is 0 Å². The molecule has 3 nitrogen and oxygen atoms in total. The number of hydrogen-bond acceptors (Lipinski definition) is 3. The van der Waals surface area contributed by atoms with Gasteiger partial charge in [0.05, 0.1) is 0 Å². The van der Waals surface area contributed by atoms with E-state index in [1.807, 2.05) is 0 Å². The number of likely N-dealkylation sites (N-methyl/N-ethyl adjacent to an activating group) is 1. The number of nitrogens with zero attached hydrogens (tertiary/aromatic N) is 2. The minimum atomic E-state index is 0.691. The monoisotopic (exact) mass is 281 g/mol. The first-order valence-corrected chi connectivity index (χ1v) is 8.83. The minimum Gasteiger partial charge on any atom is -0.311 e. The molecule has 3 heteroatoms. The number of likely N-dealkylation sites (tertiary alicyclic amines) is 1. The Morgan fingerprint density at radius 1 is 1.20 bits per heavy atom. The predicted molar refractivity (Wildman–Crippen MR) is 87.2 cm³/mol. The molecule has 2 aliphatic rings. The Bertz CT molecular complexity index is 281. The molecular weight excluding hydrogens is 246 g/mol. The van der Waals surface area contributed by atoms with E-state index in [1.165, 1.54) is 58.3 Å². The second-order valence-electron chi connectivity index (χ2n) is 7.05. The fourth-order valence-corrected chi connectivity index (χ4v) is 3.82. The zero-order valence-corrected chi connectivity index (χ0v) is 14.1. The number of piperidine rings is 1. The largest absolute Gasteiger partial charge is 0.311 e. The van der Waals surface area contributed by atoms with Crippen LogP contribution in [0, 0.1) is 5.92 Å². The zero-order chi connectivity index (χ0) is 14.5. The number of nitrogens with one attached hydrogen (secondary N) is 1. The van der Waals surface area contributed by atoms with Crippen LogP contribution in [0.4, 0.5) is 0 Å². The maximum atomic E-state index is 3.79. The lowest BCUT2D eigenvalue weighted by Gasteiger charge is -2.45. The van der Waals surface area contributed by atoms with Gasteiger partial charge in [0, 0.05) is 37.8 Å². The molecule has 20 heavy (non-hydrogen) atoms. The van der Waals surface area contributed by atoms with E-state index in [1.54, 1.807) is 0 Å². The van der Waals surface area contributed by atoms with Gasteiger partial charge in [0.2, 0.25) is 0 Å². The molecule has 2 aliphatic heterocycles. The lowest BCUT2D eigenvalue weighted by atomic mass is 9.93. The first-order valence-electron chi connectivity index (χ1n) is 8.83. The van der Waals surface area contributed by atoms with Crippen LogP contribution in [0.1, 0.15) is 52.9 Å². The second kappa shape index (κ2) is 7.77. The highest BCUT2D eigenvalue weighted by Crippen LogP contribution is 2.21. The van der Waals surface area contributed by atoms with E-state index in [-0.39, 0.29) is 0 Å². The van der Waals surface area contributed by atoms with Gasteiger partial charge < -0.3 is 10.2 Å². The van der Waals surface area contributed by atoms with Crippen LogP contribution in [0.5, 0.6) is 0 Å². The molecule has 118 valence electrons. The summed E-state index contributed by atoms with van der Waals surface area (Å²) < 4.78 is 0. The SMILES string of the molecule is CCC(C)C1CN(CC2CCCCN2C)C(CC)CN1. The van der Waals surface area contributed by atoms with Gasteiger partial charge in [-0.3, -0.25) is 4.90 Å². The van der Waals surface area contributed by atoms with E-state index in [4.69, 9.17) is 0 Å². The molecule has 4 atom stereocenters. The van der Waals surface area contributed by atoms with Gasteiger partial charge in [-0.2, -0.15) is 0 Å². The van der Waals surface area contributed by atoms with E-state index in [2.05, 4.69) is 42.9 Å². The average Bonchev–Trinajstić information content (AvgIpc) is 2.48. The highest BCUT2D eigenvalue weighted by molar-refractivity contribution is 4.90. The molecule has 2 heterocycles. The standard InChI is InChI=1S/C17H35N3/c1-5-14(3)17-13-20(15(6-2)11-18-17)12-16-9-7-8-10-19(16)4/h14-18H,5-13H2,1-4H3. The molecule has 0 aromatic heterocycles. The lowest BCUT2D eigenvalue weighted by Crippen LogP contribution is -2.60. The van der Waals surface area contributed by atoms with Crippen LogP contribution < -0.4 is 5.32 Å². The van der Waals surface area contributed by atoms with Crippen LogP contribution in [0.2, 0.25) is 0 Å². The molecule has 0 saturated carbocycles. The number of piperazine rings is 1. The molecule has 0 aliphatic carbocycles. The van der Waals surface area contributed by atoms with Gasteiger partial charge in [-0.1, -0.05) is 33.6 Å². The van der Waals surface area contributed by atoms with Gasteiger partial charge in [0.25, 0.3) is 0 Å². The van der Waals surface area contributed by atoms with Crippen molar-refractivity contribution in [2.45, 2.75) is 71.0 Å². The van der Waals surface area contributed by atoms with Gasteiger partial charge in [-0.25, -0.2) is 0 Å². The Kier molecular flexibility index (Phi) is 6.31. The van der Waals surface area contributed by atoms with Crippen molar-refractivity contribution in [1.82, 2.24) is 15.1 Å². The summed E-state index contributed by atoms with van der Waals surface area (Å²) in [7, 11) is 2.32. The summed E-state index contributed by atoms with van der Waals surface area (Å²) >= 11 is 0. The fraction of sp³-hybridized carbons (Fsp3) is 1.00. The first-order chi connectivity index (χ1) is 9.65. The van der Waals surface area contributed by atoms with Crippen molar-refractivity contribution in [2.75, 3.05) is 33.2 Å². The van der Waals surface area contributed by atoms with E-state index in [0.717, 1.165) is 18.0 Å². The van der Waals surface area contributed by atoms with Crippen molar-refractivity contribution in [1.29, 1.82) is 0 Å². The Balaban J connectivity index is 1.94. The van der Waals surface area contributed by atoms with E-state index >= 15 is 0 Å². The molecule has 2 saturated heterocycles. The van der Waals surface area contributed by atoms with Crippen LogP contribution in [0.3, 0.4) is 0 Å². The summed E-state index contributed by atoms with van der Waals surface area (Å²) in [6.07, 6.45) is 6.76. The Morgan fingerprint density at radius 3 is 2.65 bits per heavy atom. The summed E-state index contributed by atoms with van der Waals surface area (Å²) in [5.74, 6) is 0.791. The number of rotatable bonds is 5. The molecule has 0 spiro atoms. The summed E-state index contributed by atoms with van der Waals surface area (Å²) in [4.78, 5) is 5.39. The molecule has 0 aromatic rings. The summed E-state index contributed by atoms with van der Waals surface area (Å²) in [6, 6.07) is 2.22. The van der Waals surface area contributed by atoms with Crippen LogP contribution >= 0.6 is 0 Å². The molecule has 4 unspecified atom stereocenters. The number of hydrogen-bond donors (Lipinski definition) is 1. The van der Waals surface area contributed by atoms with E-state index in [9.17, 15) is 0 Å². The van der Waals surface area contributed by atoms with Crippen molar-refractivity contribution >= 4 is 0 Å². The lowest BCUT2D eigenvalue weighted by molar-refractivity contribution is 0.0608. The van der Waals surface area contributed by atoms with E-state index in [0.29, 0.717) is 6.04 Å². The first kappa shape index (κ1) is 16.3. The summed E-state index contributed by atoms with van der Waals surface area (Å²) in [6.45, 7) is 12.1. The van der Waals surface area contributed by atoms with Gasteiger partial charge >= 0.3 is 0 Å². The molecule has 1 N–H and O–H groups in total. The van der Waals surface area contributed by atoms with Crippen LogP contribution in [-0.4, -0.2) is 61.2 Å². The van der Waals surface area contributed by atoms with Crippen molar-refractivity contribution in [3.05, 3.63) is 0 Å². The maximum absolute atomic E-state index is 3.79. The third kappa shape index (κ3) is 3.96. The quantitative estimate of drug-likeness (QED) is 0.835. The Morgan fingerprint density at radius 2 is 2.00 bits per heavy atom. The minimum absolute atomic E-state index is 0.691. The molecular formula is C17H35N3. The van der Waals surface area contributed by atoms with Crippen LogP contribution in [0.15, 0.2) is 0 Å². The van der Waals surface area contributed by atoms with Crippen molar-refractivity contribution in [3.63, 3.8) is 0 Å². The van der Waals surface area contributed by atoms with Crippen LogP contribution in [0.25, 0.3) is 0 Å². The zero-order valence-electron chi connectivity index (χ0n) is 14.1. The van der Waals surface area contributed by atoms with Crippen LogP contribution in [-0.2, 0) is 0 Å². The molecule has 0 bridgehead atoms. The third-order valence-corrected chi connectivity index (χ3v) is 5.73. The highest BCUT2D eigenvalue weighted by Gasteiger charge is 2.31. The molecule has 0 radical (unpaired) electrons. The van der Waals surface area contributed by atoms with Gasteiger partial charge in [-0.15, -0.1) is 0 Å². The smallest absolute Gasteiger partial charge is 0.0221 e. The average molecular weight is 281 g/mol. The molecule has 0 amide bonds. The maximum Gasteiger partial charge on any atom is 0.0221 e. The van der Waals surface area contributed by atoms with Crippen molar-refractivity contribution in [3.8, 4) is 0 Å². The fourth-order valence-electron chi connectivity index (χ4n) is 3.82. The highest BCUT2D eigenvalue weighted by atomic mass is 15.3. The second-order valence-corrected chi connectivity index (χ2v) is 7.05. The third-order valence-electron chi connectivity index (χ3n) is 5.73. The van der Waals surface area contributed by atoms with Gasteiger partial charge in [0.1, 0.15) is 0 Å². The predicted octanol–water partition coefficient (Wildman–Crippen LogP) is 2.57. The van der Waals surface area contributed by atoms with Crippen molar-refractivity contribution < 1.29 is 0 Å². The normalized spacial score (nSPS) is 35.1.